The summed E-state index contributed by atoms with van der Waals surface area (Å²) in [5, 5.41) is 4.52. The third kappa shape index (κ3) is 5.46. The molecular formula is C35H28Cl2N2O2. The molecule has 1 aliphatic heterocycles. The largest absolute Gasteiger partial charge is 0.357 e. The number of nitrogens with zero attached hydrogens (tertiary/aromatic N) is 1. The lowest BCUT2D eigenvalue weighted by molar-refractivity contribution is -0.116. The van der Waals surface area contributed by atoms with Gasteiger partial charge in [0.05, 0.1) is 27.5 Å². The number of nitrogens with one attached hydrogen (secondary N) is 1. The van der Waals surface area contributed by atoms with Crippen LogP contribution in [0, 0.1) is 6.92 Å². The van der Waals surface area contributed by atoms with E-state index in [9.17, 15) is 9.59 Å². The summed E-state index contributed by atoms with van der Waals surface area (Å²) in [5.41, 5.74) is 6.79. The van der Waals surface area contributed by atoms with Crippen molar-refractivity contribution in [2.75, 3.05) is 10.2 Å². The van der Waals surface area contributed by atoms with Gasteiger partial charge in [0, 0.05) is 23.8 Å². The van der Waals surface area contributed by atoms with E-state index in [2.05, 4.69) is 5.32 Å². The fourth-order valence-electron chi connectivity index (χ4n) is 5.71. The van der Waals surface area contributed by atoms with Crippen molar-refractivity contribution in [1.82, 2.24) is 0 Å². The van der Waals surface area contributed by atoms with E-state index in [0.29, 0.717) is 34.1 Å². The Hall–Kier alpha value is -4.12. The van der Waals surface area contributed by atoms with Crippen molar-refractivity contribution in [3.63, 3.8) is 0 Å². The molecule has 0 spiro atoms. The fraction of sp³-hybridized carbons (Fsp3) is 0.143. The van der Waals surface area contributed by atoms with Crippen LogP contribution < -0.4 is 10.2 Å². The quantitative estimate of drug-likeness (QED) is 0.246. The number of benzene rings is 4. The van der Waals surface area contributed by atoms with Crippen molar-refractivity contribution in [3.05, 3.63) is 147 Å². The van der Waals surface area contributed by atoms with Crippen LogP contribution in [0.1, 0.15) is 47.1 Å². The number of amides is 1. The minimum atomic E-state index is -0.600. The van der Waals surface area contributed by atoms with E-state index < -0.39 is 6.04 Å². The molecule has 1 N–H and O–H groups in total. The highest BCUT2D eigenvalue weighted by Gasteiger charge is 2.41. The number of Topliss-reactive ketones (excluding diaryl/α,β-unsaturated/α-hetero) is 1. The maximum atomic E-state index is 14.2. The number of para-hydroxylation sites is 2. The summed E-state index contributed by atoms with van der Waals surface area (Å²) in [4.78, 5) is 30.0. The van der Waals surface area contributed by atoms with Crippen LogP contribution in [0.25, 0.3) is 6.08 Å². The van der Waals surface area contributed by atoms with Crippen molar-refractivity contribution >= 4 is 52.3 Å². The van der Waals surface area contributed by atoms with Crippen LogP contribution >= 0.6 is 23.2 Å². The first-order chi connectivity index (χ1) is 19.9. The van der Waals surface area contributed by atoms with Crippen LogP contribution in [-0.4, -0.2) is 11.7 Å². The lowest BCUT2D eigenvalue weighted by Crippen LogP contribution is -2.37. The Balaban J connectivity index is 1.50. The van der Waals surface area contributed by atoms with Gasteiger partial charge in [0.25, 0.3) is 5.91 Å². The van der Waals surface area contributed by atoms with E-state index in [4.69, 9.17) is 23.2 Å². The number of fused-ring (bicyclic) bond motifs is 1. The molecule has 1 heterocycles. The highest BCUT2D eigenvalue weighted by atomic mass is 35.5. The normalized spacial score (nSPS) is 18.5. The highest BCUT2D eigenvalue weighted by molar-refractivity contribution is 6.42. The molecule has 4 aromatic carbocycles. The average molecular weight is 580 g/mol. The molecule has 1 amide bonds. The molecule has 0 saturated carbocycles. The predicted octanol–water partition coefficient (Wildman–Crippen LogP) is 8.92. The number of ketones is 1. The maximum absolute atomic E-state index is 14.2. The van der Waals surface area contributed by atoms with Crippen LogP contribution in [0.4, 0.5) is 11.4 Å². The monoisotopic (exact) mass is 578 g/mol. The molecule has 6 rings (SSSR count). The van der Waals surface area contributed by atoms with Crippen molar-refractivity contribution < 1.29 is 9.59 Å². The number of hydrogen-bond acceptors (Lipinski definition) is 3. The lowest BCUT2D eigenvalue weighted by Gasteiger charge is -2.34. The zero-order valence-corrected chi connectivity index (χ0v) is 24.0. The third-order valence-corrected chi connectivity index (χ3v) is 8.49. The molecule has 2 atom stereocenters. The summed E-state index contributed by atoms with van der Waals surface area (Å²) in [6, 6.07) is 30.5. The summed E-state index contributed by atoms with van der Waals surface area (Å²) >= 11 is 12.5. The lowest BCUT2D eigenvalue weighted by atomic mass is 9.78. The van der Waals surface area contributed by atoms with Crippen LogP contribution in [0.3, 0.4) is 0 Å². The van der Waals surface area contributed by atoms with E-state index in [1.807, 2.05) is 104 Å². The van der Waals surface area contributed by atoms with E-state index in [-0.39, 0.29) is 17.6 Å². The van der Waals surface area contributed by atoms with Gasteiger partial charge in [-0.25, -0.2) is 0 Å². The fourth-order valence-corrected chi connectivity index (χ4v) is 6.02. The van der Waals surface area contributed by atoms with Gasteiger partial charge in [-0.2, -0.15) is 0 Å². The Kier molecular flexibility index (Phi) is 7.53. The van der Waals surface area contributed by atoms with E-state index in [0.717, 1.165) is 33.6 Å². The molecule has 0 bridgehead atoms. The van der Waals surface area contributed by atoms with Gasteiger partial charge in [-0.3, -0.25) is 14.5 Å². The second-order valence-corrected chi connectivity index (χ2v) is 11.3. The standard InChI is InChI=1S/C35H28Cl2N2O2/c1-22-11-14-24(15-12-22)35-34-30(20-26(21-32(34)40)25-16-17-27(36)28(37)19-25)38-29-9-5-6-10-31(29)39(35)33(41)18-13-23-7-3-2-4-8-23/h2-19,26,35,38H,20-21H2,1H3/b18-13+. The molecule has 4 nitrogen and oxygen atoms in total. The predicted molar refractivity (Wildman–Crippen MR) is 167 cm³/mol. The molecule has 2 aliphatic rings. The van der Waals surface area contributed by atoms with Crippen LogP contribution in [-0.2, 0) is 9.59 Å². The first-order valence-electron chi connectivity index (χ1n) is 13.6. The van der Waals surface area contributed by atoms with Crippen molar-refractivity contribution in [1.29, 1.82) is 0 Å². The first-order valence-corrected chi connectivity index (χ1v) is 14.3. The number of rotatable bonds is 4. The summed E-state index contributed by atoms with van der Waals surface area (Å²) in [6.45, 7) is 2.03. The first kappa shape index (κ1) is 27.1. The van der Waals surface area contributed by atoms with Gasteiger partial charge >= 0.3 is 0 Å². The Morgan fingerprint density at radius 3 is 2.32 bits per heavy atom. The molecule has 4 aromatic rings. The number of carbonyl (C=O) groups excluding carboxylic acids is 2. The maximum Gasteiger partial charge on any atom is 0.251 e. The summed E-state index contributed by atoms with van der Waals surface area (Å²) < 4.78 is 0. The average Bonchev–Trinajstić information content (AvgIpc) is 3.13. The molecule has 0 fully saturated rings. The Morgan fingerprint density at radius 1 is 0.854 bits per heavy atom. The minimum absolute atomic E-state index is 0.00181. The number of hydrogen-bond donors (Lipinski definition) is 1. The Labute approximate surface area is 249 Å². The number of allylic oxidation sites excluding steroid dienone is 1. The number of halogens is 2. The molecule has 1 aliphatic carbocycles. The number of anilines is 2. The van der Waals surface area contributed by atoms with E-state index in [1.54, 1.807) is 17.0 Å². The smallest absolute Gasteiger partial charge is 0.251 e. The zero-order valence-electron chi connectivity index (χ0n) is 22.5. The van der Waals surface area contributed by atoms with Gasteiger partial charge < -0.3 is 5.32 Å². The topological polar surface area (TPSA) is 49.4 Å². The summed E-state index contributed by atoms with van der Waals surface area (Å²) in [5.74, 6) is -0.283. The van der Waals surface area contributed by atoms with Gasteiger partial charge in [0.1, 0.15) is 0 Å². The molecule has 204 valence electrons. The second-order valence-electron chi connectivity index (χ2n) is 10.5. The van der Waals surface area contributed by atoms with Crippen LogP contribution in [0.15, 0.2) is 114 Å². The van der Waals surface area contributed by atoms with E-state index in [1.165, 1.54) is 0 Å². The molecular weight excluding hydrogens is 551 g/mol. The van der Waals surface area contributed by atoms with Gasteiger partial charge in [-0.1, -0.05) is 102 Å². The number of aryl methyl sites for hydroxylation is 1. The summed E-state index contributed by atoms with van der Waals surface area (Å²) in [6.07, 6.45) is 4.30. The second kappa shape index (κ2) is 11.4. The molecule has 0 aromatic heterocycles. The van der Waals surface area contributed by atoms with Crippen LogP contribution in [0.5, 0.6) is 0 Å². The SMILES string of the molecule is Cc1ccc(C2C3=C(CC(c4ccc(Cl)c(Cl)c4)CC3=O)Nc3ccccc3N2C(=O)/C=C/c2ccccc2)cc1. The van der Waals surface area contributed by atoms with Gasteiger partial charge in [0.15, 0.2) is 5.78 Å². The van der Waals surface area contributed by atoms with Gasteiger partial charge in [-0.05, 0) is 66.3 Å². The van der Waals surface area contributed by atoms with Gasteiger partial charge in [-0.15, -0.1) is 0 Å². The molecule has 2 unspecified atom stereocenters. The number of carbonyl (C=O) groups is 2. The zero-order chi connectivity index (χ0) is 28.5. The third-order valence-electron chi connectivity index (χ3n) is 7.75. The van der Waals surface area contributed by atoms with Gasteiger partial charge in [0.2, 0.25) is 0 Å². The highest BCUT2D eigenvalue weighted by Crippen LogP contribution is 2.47. The Morgan fingerprint density at radius 2 is 1.56 bits per heavy atom. The molecule has 41 heavy (non-hydrogen) atoms. The van der Waals surface area contributed by atoms with Crippen molar-refractivity contribution in [2.45, 2.75) is 31.7 Å². The Bertz CT molecular complexity index is 1690. The minimum Gasteiger partial charge on any atom is -0.357 e. The van der Waals surface area contributed by atoms with Crippen LogP contribution in [0.2, 0.25) is 10.0 Å². The van der Waals surface area contributed by atoms with Crippen molar-refractivity contribution in [2.24, 2.45) is 0 Å². The summed E-state index contributed by atoms with van der Waals surface area (Å²) in [7, 11) is 0. The molecule has 6 heteroatoms. The molecule has 0 saturated heterocycles. The van der Waals surface area contributed by atoms with E-state index >= 15 is 0 Å². The molecule has 0 radical (unpaired) electrons. The van der Waals surface area contributed by atoms with Crippen molar-refractivity contribution in [3.8, 4) is 0 Å².